The fraction of sp³-hybridized carbons (Fsp3) is 0.545. The van der Waals surface area contributed by atoms with Crippen LogP contribution in [-0.4, -0.2) is 0 Å². The van der Waals surface area contributed by atoms with E-state index >= 15 is 0 Å². The van der Waals surface area contributed by atoms with Gasteiger partial charge in [0.1, 0.15) is 11.8 Å². The molecule has 0 atom stereocenters. The first-order chi connectivity index (χ1) is 5.89. The van der Waals surface area contributed by atoms with E-state index in [1.54, 1.807) is 0 Å². The van der Waals surface area contributed by atoms with Gasteiger partial charge < -0.3 is 5.32 Å². The average molecular weight is 176 g/mol. The van der Waals surface area contributed by atoms with Gasteiger partial charge in [-0.3, -0.25) is 0 Å². The van der Waals surface area contributed by atoms with E-state index in [4.69, 9.17) is 5.26 Å². The van der Waals surface area contributed by atoms with Crippen molar-refractivity contribution in [1.29, 1.82) is 5.26 Å². The highest BCUT2D eigenvalue weighted by molar-refractivity contribution is 5.28. The first-order valence-corrected chi connectivity index (χ1v) is 4.46. The van der Waals surface area contributed by atoms with Gasteiger partial charge in [0.05, 0.1) is 0 Å². The van der Waals surface area contributed by atoms with Gasteiger partial charge >= 0.3 is 0 Å². The molecule has 0 saturated carbocycles. The smallest absolute Gasteiger partial charge is 0.117 e. The minimum Gasteiger partial charge on any atom is -0.354 e. The number of nitrogens with one attached hydrogen (secondary N) is 1. The predicted octanol–water partition coefficient (Wildman–Crippen LogP) is 2.56. The van der Waals surface area contributed by atoms with Crippen LogP contribution in [0.3, 0.4) is 0 Å². The molecule has 0 aromatic carbocycles. The van der Waals surface area contributed by atoms with E-state index in [0.29, 0.717) is 5.70 Å². The Bertz CT molecular complexity index is 301. The van der Waals surface area contributed by atoms with Crippen molar-refractivity contribution in [2.75, 3.05) is 0 Å². The largest absolute Gasteiger partial charge is 0.354 e. The summed E-state index contributed by atoms with van der Waals surface area (Å²) in [5, 5.41) is 11.8. The summed E-state index contributed by atoms with van der Waals surface area (Å²) in [6.07, 6.45) is 5.95. The van der Waals surface area contributed by atoms with Crippen molar-refractivity contribution in [1.82, 2.24) is 5.32 Å². The molecule has 0 aromatic rings. The quantitative estimate of drug-likeness (QED) is 0.615. The van der Waals surface area contributed by atoms with Gasteiger partial charge in [-0.15, -0.1) is 0 Å². The molecule has 0 saturated heterocycles. The van der Waals surface area contributed by atoms with Crippen molar-refractivity contribution >= 4 is 0 Å². The Morgan fingerprint density at radius 3 is 2.38 bits per heavy atom. The highest BCUT2D eigenvalue weighted by atomic mass is 14.9. The van der Waals surface area contributed by atoms with Crippen LogP contribution < -0.4 is 5.32 Å². The Morgan fingerprint density at radius 1 is 1.23 bits per heavy atom. The molecule has 0 bridgehead atoms. The van der Waals surface area contributed by atoms with Crippen LogP contribution in [0.25, 0.3) is 0 Å². The van der Waals surface area contributed by atoms with Gasteiger partial charge in [0.25, 0.3) is 0 Å². The van der Waals surface area contributed by atoms with Crippen LogP contribution >= 0.6 is 0 Å². The molecule has 0 aliphatic carbocycles. The Kier molecular flexibility index (Phi) is 2.21. The zero-order valence-electron chi connectivity index (χ0n) is 8.68. The maximum atomic E-state index is 8.80. The molecule has 2 nitrogen and oxygen atoms in total. The highest BCUT2D eigenvalue weighted by Crippen LogP contribution is 2.42. The standard InChI is InChI=1S/C11H16N2/c1-10(2)5-6-13-9(8-12)7-11(10,3)4/h5-7,13H,1-4H3. The zero-order valence-corrected chi connectivity index (χ0v) is 8.68. The van der Waals surface area contributed by atoms with Crippen LogP contribution in [0.1, 0.15) is 27.7 Å². The topological polar surface area (TPSA) is 35.8 Å². The maximum absolute atomic E-state index is 8.80. The second kappa shape index (κ2) is 2.92. The lowest BCUT2D eigenvalue weighted by Crippen LogP contribution is -2.28. The Hall–Kier alpha value is -1.23. The molecule has 1 aliphatic rings. The molecule has 0 radical (unpaired) electrons. The Morgan fingerprint density at radius 2 is 1.85 bits per heavy atom. The van der Waals surface area contributed by atoms with E-state index < -0.39 is 0 Å². The normalized spacial score (nSPS) is 23.8. The second-order valence-electron chi connectivity index (χ2n) is 4.59. The van der Waals surface area contributed by atoms with Crippen LogP contribution in [0.2, 0.25) is 0 Å². The number of hydrogen-bond donors (Lipinski definition) is 1. The summed E-state index contributed by atoms with van der Waals surface area (Å²) in [5.41, 5.74) is 0.697. The Balaban J connectivity index is 3.15. The first-order valence-electron chi connectivity index (χ1n) is 4.46. The third-order valence-electron chi connectivity index (χ3n) is 3.03. The fourth-order valence-corrected chi connectivity index (χ4v) is 1.21. The lowest BCUT2D eigenvalue weighted by atomic mass is 9.68. The van der Waals surface area contributed by atoms with Crippen molar-refractivity contribution in [2.24, 2.45) is 10.8 Å². The predicted molar refractivity (Wildman–Crippen MR) is 53.5 cm³/mol. The monoisotopic (exact) mass is 176 g/mol. The van der Waals surface area contributed by atoms with Gasteiger partial charge in [-0.05, 0) is 23.1 Å². The van der Waals surface area contributed by atoms with Crippen LogP contribution in [0.15, 0.2) is 24.0 Å². The minimum atomic E-state index is -0.00192. The molecule has 1 N–H and O–H groups in total. The molecule has 0 fully saturated rings. The summed E-state index contributed by atoms with van der Waals surface area (Å²) in [5.74, 6) is 0. The van der Waals surface area contributed by atoms with Crippen LogP contribution in [0.4, 0.5) is 0 Å². The van der Waals surface area contributed by atoms with E-state index in [-0.39, 0.29) is 10.8 Å². The summed E-state index contributed by atoms with van der Waals surface area (Å²) < 4.78 is 0. The van der Waals surface area contributed by atoms with Crippen molar-refractivity contribution < 1.29 is 0 Å². The third-order valence-corrected chi connectivity index (χ3v) is 3.03. The summed E-state index contributed by atoms with van der Waals surface area (Å²) in [7, 11) is 0. The summed E-state index contributed by atoms with van der Waals surface area (Å²) in [6, 6.07) is 2.14. The van der Waals surface area contributed by atoms with Gasteiger partial charge in [-0.25, -0.2) is 0 Å². The number of rotatable bonds is 0. The fourth-order valence-electron chi connectivity index (χ4n) is 1.21. The third kappa shape index (κ3) is 1.75. The van der Waals surface area contributed by atoms with E-state index in [1.165, 1.54) is 0 Å². The first kappa shape index (κ1) is 9.85. The van der Waals surface area contributed by atoms with Crippen molar-refractivity contribution in [2.45, 2.75) is 27.7 Å². The van der Waals surface area contributed by atoms with Crippen molar-refractivity contribution in [3.05, 3.63) is 24.0 Å². The minimum absolute atomic E-state index is 0.00192. The number of allylic oxidation sites excluding steroid dienone is 3. The zero-order chi connectivity index (χ0) is 10.1. The second-order valence-corrected chi connectivity index (χ2v) is 4.59. The molecule has 1 aliphatic heterocycles. The molecule has 1 heterocycles. The summed E-state index contributed by atoms with van der Waals surface area (Å²) in [6.45, 7) is 8.62. The van der Waals surface area contributed by atoms with Crippen LogP contribution in [-0.2, 0) is 0 Å². The van der Waals surface area contributed by atoms with Crippen molar-refractivity contribution in [3.63, 3.8) is 0 Å². The SMILES string of the molecule is CC1(C)C=CNC(C#N)=CC1(C)C. The Labute approximate surface area is 79.9 Å². The molecular formula is C11H16N2. The lowest BCUT2D eigenvalue weighted by molar-refractivity contribution is 0.233. The highest BCUT2D eigenvalue weighted by Gasteiger charge is 2.34. The molecule has 0 spiro atoms. The number of nitrogens with zero attached hydrogens (tertiary/aromatic N) is 1. The number of hydrogen-bond acceptors (Lipinski definition) is 2. The summed E-state index contributed by atoms with van der Waals surface area (Å²) >= 11 is 0. The van der Waals surface area contributed by atoms with Gasteiger partial charge in [0.15, 0.2) is 0 Å². The molecule has 2 heteroatoms. The maximum Gasteiger partial charge on any atom is 0.117 e. The average Bonchev–Trinajstić information content (AvgIpc) is 2.09. The molecule has 0 amide bonds. The molecular weight excluding hydrogens is 160 g/mol. The van der Waals surface area contributed by atoms with E-state index in [9.17, 15) is 0 Å². The van der Waals surface area contributed by atoms with Crippen LogP contribution in [0.5, 0.6) is 0 Å². The molecule has 13 heavy (non-hydrogen) atoms. The van der Waals surface area contributed by atoms with Gasteiger partial charge in [0, 0.05) is 0 Å². The number of nitriles is 1. The lowest BCUT2D eigenvalue weighted by Gasteiger charge is -2.36. The van der Waals surface area contributed by atoms with E-state index in [2.05, 4.69) is 45.2 Å². The van der Waals surface area contributed by atoms with Gasteiger partial charge in [0.2, 0.25) is 0 Å². The summed E-state index contributed by atoms with van der Waals surface area (Å²) in [4.78, 5) is 0. The van der Waals surface area contributed by atoms with Gasteiger partial charge in [-0.2, -0.15) is 5.26 Å². The van der Waals surface area contributed by atoms with E-state index in [0.717, 1.165) is 0 Å². The van der Waals surface area contributed by atoms with Crippen molar-refractivity contribution in [3.8, 4) is 6.07 Å². The van der Waals surface area contributed by atoms with Crippen LogP contribution in [0, 0.1) is 22.2 Å². The molecule has 0 aromatic heterocycles. The molecule has 70 valence electrons. The molecule has 0 unspecified atom stereocenters. The van der Waals surface area contributed by atoms with Gasteiger partial charge in [-0.1, -0.05) is 33.8 Å². The van der Waals surface area contributed by atoms with E-state index in [1.807, 2.05) is 12.3 Å². The molecule has 1 rings (SSSR count).